The van der Waals surface area contributed by atoms with E-state index in [1.165, 1.54) is 32.4 Å². The van der Waals surface area contributed by atoms with Crippen LogP contribution >= 0.6 is 0 Å². The summed E-state index contributed by atoms with van der Waals surface area (Å²) in [6, 6.07) is 1.74. The zero-order chi connectivity index (χ0) is 8.55. The van der Waals surface area contributed by atoms with E-state index in [4.69, 9.17) is 0 Å². The molecule has 0 spiro atoms. The minimum atomic E-state index is 0.822. The van der Waals surface area contributed by atoms with Crippen LogP contribution in [0, 0.1) is 5.92 Å². The van der Waals surface area contributed by atoms with E-state index >= 15 is 0 Å². The molecule has 2 aliphatic rings. The molecule has 1 heterocycles. The molecule has 12 heavy (non-hydrogen) atoms. The van der Waals surface area contributed by atoms with Gasteiger partial charge in [0.05, 0.1) is 0 Å². The van der Waals surface area contributed by atoms with E-state index in [0.717, 1.165) is 18.0 Å². The monoisotopic (exact) mass is 168 g/mol. The molecule has 2 atom stereocenters. The molecule has 0 aromatic rings. The second-order valence-corrected chi connectivity index (χ2v) is 4.29. The van der Waals surface area contributed by atoms with Crippen LogP contribution in [0.25, 0.3) is 0 Å². The third-order valence-electron chi connectivity index (χ3n) is 3.47. The molecular weight excluding hydrogens is 148 g/mol. The number of nitrogens with one attached hydrogen (secondary N) is 1. The number of likely N-dealkylation sites (N-methyl/N-ethyl adjacent to an activating group) is 1. The Bertz CT molecular complexity index is 154. The van der Waals surface area contributed by atoms with E-state index in [1.54, 1.807) is 0 Å². The van der Waals surface area contributed by atoms with Gasteiger partial charge in [-0.3, -0.25) is 4.90 Å². The fraction of sp³-hybridized carbons (Fsp3) is 1.00. The van der Waals surface area contributed by atoms with Crippen molar-refractivity contribution in [1.29, 1.82) is 0 Å². The fourth-order valence-corrected chi connectivity index (χ4v) is 2.36. The molecule has 0 aromatic carbocycles. The van der Waals surface area contributed by atoms with Gasteiger partial charge < -0.3 is 5.32 Å². The molecular formula is C10H20N2. The second-order valence-electron chi connectivity index (χ2n) is 4.29. The topological polar surface area (TPSA) is 15.3 Å². The van der Waals surface area contributed by atoms with E-state index in [1.807, 2.05) is 0 Å². The highest BCUT2D eigenvalue weighted by atomic mass is 15.2. The molecule has 2 nitrogen and oxygen atoms in total. The van der Waals surface area contributed by atoms with Gasteiger partial charge in [0, 0.05) is 18.6 Å². The lowest BCUT2D eigenvalue weighted by Gasteiger charge is -2.28. The summed E-state index contributed by atoms with van der Waals surface area (Å²) in [5.41, 5.74) is 0. The molecule has 1 saturated carbocycles. The largest absolute Gasteiger partial charge is 0.315 e. The van der Waals surface area contributed by atoms with E-state index in [2.05, 4.69) is 24.2 Å². The second kappa shape index (κ2) is 3.35. The molecule has 70 valence electrons. The predicted octanol–water partition coefficient (Wildman–Crippen LogP) is 1.08. The SMILES string of the molecule is CCC1CNCC1N(C)C1CC1. The van der Waals surface area contributed by atoms with Crippen LogP contribution in [0.1, 0.15) is 26.2 Å². The number of hydrogen-bond acceptors (Lipinski definition) is 2. The normalized spacial score (nSPS) is 36.2. The Hall–Kier alpha value is -0.0800. The minimum Gasteiger partial charge on any atom is -0.315 e. The van der Waals surface area contributed by atoms with Gasteiger partial charge in [0.2, 0.25) is 0 Å². The highest BCUT2D eigenvalue weighted by Crippen LogP contribution is 2.30. The Labute approximate surface area is 75.3 Å². The average molecular weight is 168 g/mol. The molecule has 0 amide bonds. The average Bonchev–Trinajstić information content (AvgIpc) is 2.82. The van der Waals surface area contributed by atoms with Crippen LogP contribution in [0.3, 0.4) is 0 Å². The molecule has 0 radical (unpaired) electrons. The summed E-state index contributed by atoms with van der Waals surface area (Å²) in [6.07, 6.45) is 4.20. The lowest BCUT2D eigenvalue weighted by molar-refractivity contribution is 0.199. The van der Waals surface area contributed by atoms with Crippen molar-refractivity contribution in [3.63, 3.8) is 0 Å². The zero-order valence-electron chi connectivity index (χ0n) is 8.21. The van der Waals surface area contributed by atoms with Crippen LogP contribution in [0.4, 0.5) is 0 Å². The molecule has 2 heteroatoms. The van der Waals surface area contributed by atoms with Gasteiger partial charge in [0.15, 0.2) is 0 Å². The van der Waals surface area contributed by atoms with Gasteiger partial charge in [-0.05, 0) is 32.4 Å². The van der Waals surface area contributed by atoms with Crippen molar-refractivity contribution in [1.82, 2.24) is 10.2 Å². The minimum absolute atomic E-state index is 0.822. The van der Waals surface area contributed by atoms with Gasteiger partial charge in [-0.2, -0.15) is 0 Å². The Morgan fingerprint density at radius 1 is 1.33 bits per heavy atom. The highest BCUT2D eigenvalue weighted by molar-refractivity contribution is 4.93. The summed E-state index contributed by atoms with van der Waals surface area (Å²) in [5.74, 6) is 0.899. The first-order chi connectivity index (χ1) is 5.83. The Morgan fingerprint density at radius 2 is 2.08 bits per heavy atom. The Kier molecular flexibility index (Phi) is 2.37. The van der Waals surface area contributed by atoms with Crippen molar-refractivity contribution in [2.24, 2.45) is 5.92 Å². The fourth-order valence-electron chi connectivity index (χ4n) is 2.36. The Balaban J connectivity index is 1.91. The standard InChI is InChI=1S/C10H20N2/c1-3-8-6-11-7-10(8)12(2)9-4-5-9/h8-11H,3-7H2,1-2H3. The molecule has 1 aliphatic heterocycles. The van der Waals surface area contributed by atoms with Crippen LogP contribution in [0.2, 0.25) is 0 Å². The molecule has 0 aromatic heterocycles. The van der Waals surface area contributed by atoms with E-state index in [9.17, 15) is 0 Å². The maximum atomic E-state index is 3.50. The first-order valence-electron chi connectivity index (χ1n) is 5.25. The number of rotatable bonds is 3. The van der Waals surface area contributed by atoms with Gasteiger partial charge in [0.25, 0.3) is 0 Å². The van der Waals surface area contributed by atoms with Crippen molar-refractivity contribution < 1.29 is 0 Å². The van der Waals surface area contributed by atoms with Crippen LogP contribution < -0.4 is 5.32 Å². The zero-order valence-corrected chi connectivity index (χ0v) is 8.21. The molecule has 1 aliphatic carbocycles. The van der Waals surface area contributed by atoms with Gasteiger partial charge in [-0.25, -0.2) is 0 Å². The number of hydrogen-bond donors (Lipinski definition) is 1. The van der Waals surface area contributed by atoms with Gasteiger partial charge >= 0.3 is 0 Å². The summed E-state index contributed by atoms with van der Waals surface area (Å²) < 4.78 is 0. The lowest BCUT2D eigenvalue weighted by atomic mass is 10.00. The first-order valence-corrected chi connectivity index (χ1v) is 5.25. The highest BCUT2D eigenvalue weighted by Gasteiger charge is 2.36. The van der Waals surface area contributed by atoms with Crippen LogP contribution in [0.5, 0.6) is 0 Å². The van der Waals surface area contributed by atoms with Crippen molar-refractivity contribution >= 4 is 0 Å². The summed E-state index contributed by atoms with van der Waals surface area (Å²) >= 11 is 0. The third kappa shape index (κ3) is 1.50. The van der Waals surface area contributed by atoms with Crippen LogP contribution in [-0.2, 0) is 0 Å². The summed E-state index contributed by atoms with van der Waals surface area (Å²) in [6.45, 7) is 4.76. The quantitative estimate of drug-likeness (QED) is 0.678. The predicted molar refractivity (Wildman–Crippen MR) is 51.2 cm³/mol. The maximum absolute atomic E-state index is 3.50. The number of nitrogens with zero attached hydrogens (tertiary/aromatic N) is 1. The van der Waals surface area contributed by atoms with Gasteiger partial charge in [-0.1, -0.05) is 13.3 Å². The van der Waals surface area contributed by atoms with Crippen molar-refractivity contribution in [2.75, 3.05) is 20.1 Å². The summed E-state index contributed by atoms with van der Waals surface area (Å²) in [7, 11) is 2.30. The van der Waals surface area contributed by atoms with Gasteiger partial charge in [-0.15, -0.1) is 0 Å². The molecule has 1 N–H and O–H groups in total. The van der Waals surface area contributed by atoms with Crippen LogP contribution in [0.15, 0.2) is 0 Å². The maximum Gasteiger partial charge on any atom is 0.0260 e. The molecule has 2 rings (SSSR count). The molecule has 1 saturated heterocycles. The molecule has 0 bridgehead atoms. The van der Waals surface area contributed by atoms with Crippen molar-refractivity contribution in [2.45, 2.75) is 38.3 Å². The van der Waals surface area contributed by atoms with Crippen molar-refractivity contribution in [3.05, 3.63) is 0 Å². The smallest absolute Gasteiger partial charge is 0.0260 e. The summed E-state index contributed by atoms with van der Waals surface area (Å²) in [5, 5.41) is 3.50. The molecule has 2 fully saturated rings. The third-order valence-corrected chi connectivity index (χ3v) is 3.47. The lowest BCUT2D eigenvalue weighted by Crippen LogP contribution is -2.39. The van der Waals surface area contributed by atoms with E-state index in [-0.39, 0.29) is 0 Å². The molecule has 2 unspecified atom stereocenters. The van der Waals surface area contributed by atoms with E-state index in [0.29, 0.717) is 0 Å². The first kappa shape index (κ1) is 8.52. The van der Waals surface area contributed by atoms with E-state index < -0.39 is 0 Å². The van der Waals surface area contributed by atoms with Crippen LogP contribution in [-0.4, -0.2) is 37.1 Å². The van der Waals surface area contributed by atoms with Gasteiger partial charge in [0.1, 0.15) is 0 Å². The summed E-state index contributed by atoms with van der Waals surface area (Å²) in [4.78, 5) is 2.61. The Morgan fingerprint density at radius 3 is 2.67 bits per heavy atom. The van der Waals surface area contributed by atoms with Crippen molar-refractivity contribution in [3.8, 4) is 0 Å².